The van der Waals surface area contributed by atoms with Crippen LogP contribution in [0.2, 0.25) is 0 Å². The van der Waals surface area contributed by atoms with Crippen molar-refractivity contribution in [3.63, 3.8) is 0 Å². The number of phenols is 1. The molecule has 0 saturated carbocycles. The third-order valence-electron chi connectivity index (χ3n) is 5.91. The molecule has 1 aliphatic carbocycles. The number of carbonyl (C=O) groups is 1. The molecule has 31 heavy (non-hydrogen) atoms. The van der Waals surface area contributed by atoms with E-state index < -0.39 is 29.6 Å². The van der Waals surface area contributed by atoms with Gasteiger partial charge in [-0.15, -0.1) is 0 Å². The maximum absolute atomic E-state index is 14.0. The van der Waals surface area contributed by atoms with Crippen molar-refractivity contribution in [2.75, 3.05) is 5.73 Å². The van der Waals surface area contributed by atoms with Crippen LogP contribution in [-0.4, -0.2) is 26.8 Å². The molecule has 0 fully saturated rings. The van der Waals surface area contributed by atoms with Crippen LogP contribution in [0.4, 0.5) is 14.6 Å². The van der Waals surface area contributed by atoms with Crippen molar-refractivity contribution >= 4 is 11.7 Å². The molecule has 4 rings (SSSR count). The highest BCUT2D eigenvalue weighted by atomic mass is 19.1. The summed E-state index contributed by atoms with van der Waals surface area (Å²) >= 11 is 0. The van der Waals surface area contributed by atoms with Gasteiger partial charge in [-0.1, -0.05) is 13.0 Å². The maximum Gasteiger partial charge on any atom is 0.255 e. The lowest BCUT2D eigenvalue weighted by molar-refractivity contribution is 0.0753. The topological polar surface area (TPSA) is 101 Å². The van der Waals surface area contributed by atoms with E-state index in [2.05, 4.69) is 5.32 Å². The van der Waals surface area contributed by atoms with Crippen molar-refractivity contribution in [2.24, 2.45) is 0 Å². The zero-order chi connectivity index (χ0) is 22.3. The average molecular weight is 427 g/mol. The van der Waals surface area contributed by atoms with E-state index in [0.717, 1.165) is 6.07 Å². The number of rotatable bonds is 4. The molecule has 6 nitrogen and oxygen atoms in total. The molecule has 0 bridgehead atoms. The first-order valence-corrected chi connectivity index (χ1v) is 10.0. The van der Waals surface area contributed by atoms with Crippen molar-refractivity contribution < 1.29 is 23.8 Å². The minimum atomic E-state index is -0.910. The molecule has 0 spiro atoms. The number of aliphatic hydroxyl groups excluding tert-OH is 1. The van der Waals surface area contributed by atoms with Gasteiger partial charge in [0, 0.05) is 17.4 Å². The summed E-state index contributed by atoms with van der Waals surface area (Å²) in [5.41, 5.74) is 7.82. The van der Waals surface area contributed by atoms with Gasteiger partial charge in [0.2, 0.25) is 0 Å². The fourth-order valence-electron chi connectivity index (χ4n) is 4.28. The summed E-state index contributed by atoms with van der Waals surface area (Å²) < 4.78 is 28.7. The number of hydrogen-bond donors (Lipinski definition) is 4. The Labute approximate surface area is 177 Å². The van der Waals surface area contributed by atoms with E-state index in [4.69, 9.17) is 5.73 Å². The van der Waals surface area contributed by atoms with Crippen LogP contribution in [0.1, 0.15) is 53.2 Å². The molecule has 8 heteroatoms. The summed E-state index contributed by atoms with van der Waals surface area (Å²) in [4.78, 5) is 13.0. The number of carbonyl (C=O) groups excluding carboxylic acids is 1. The summed E-state index contributed by atoms with van der Waals surface area (Å²) in [6.07, 6.45) is 1.57. The number of aromatic hydroxyl groups is 1. The molecule has 1 aromatic heterocycles. The Bertz CT molecular complexity index is 1130. The summed E-state index contributed by atoms with van der Waals surface area (Å²) in [7, 11) is 0. The van der Waals surface area contributed by atoms with Crippen LogP contribution < -0.4 is 11.1 Å². The number of phenolic OH excluding ortho intramolecular Hbond substituents is 1. The quantitative estimate of drug-likeness (QED) is 0.509. The van der Waals surface area contributed by atoms with E-state index in [-0.39, 0.29) is 29.5 Å². The Morgan fingerprint density at radius 3 is 2.58 bits per heavy atom. The molecule has 0 aliphatic heterocycles. The fraction of sp³-hybridized carbons (Fsp3) is 0.261. The third-order valence-corrected chi connectivity index (χ3v) is 5.91. The van der Waals surface area contributed by atoms with Gasteiger partial charge in [0.25, 0.3) is 5.91 Å². The predicted octanol–water partition coefficient (Wildman–Crippen LogP) is 3.77. The van der Waals surface area contributed by atoms with Gasteiger partial charge >= 0.3 is 0 Å². The molecule has 3 aromatic rings. The number of halogens is 2. The van der Waals surface area contributed by atoms with Crippen LogP contribution in [-0.2, 0) is 0 Å². The SMILES string of the molecule is CC[C@@H]1CC(O)C(NC(=O)c2ccn(-c3ccc(F)cc3)c2N)c2ccc(F)c(O)c21. The number of nitrogens with one attached hydrogen (secondary N) is 1. The summed E-state index contributed by atoms with van der Waals surface area (Å²) in [5, 5.41) is 23.7. The second kappa shape index (κ2) is 8.03. The standard InChI is InChI=1S/C23H23F2N3O3/c1-2-12-11-18(29)20(15-7-8-17(25)21(30)19(12)15)27-23(31)16-9-10-28(22(16)26)14-5-3-13(24)4-6-14/h3-10,12,18,20,29-30H,2,11,26H2,1H3,(H,27,31)/t12-,18?,20?/m1/s1. The lowest BCUT2D eigenvalue weighted by Gasteiger charge is -2.36. The lowest BCUT2D eigenvalue weighted by Crippen LogP contribution is -2.40. The Morgan fingerprint density at radius 2 is 1.90 bits per heavy atom. The second-order valence-corrected chi connectivity index (χ2v) is 7.72. The number of anilines is 1. The van der Waals surface area contributed by atoms with Gasteiger partial charge in [-0.05, 0) is 60.7 Å². The molecule has 5 N–H and O–H groups in total. The highest BCUT2D eigenvalue weighted by molar-refractivity contribution is 5.99. The van der Waals surface area contributed by atoms with Crippen molar-refractivity contribution in [1.29, 1.82) is 0 Å². The normalized spacial score (nSPS) is 20.3. The van der Waals surface area contributed by atoms with Crippen LogP contribution in [0.25, 0.3) is 5.69 Å². The predicted molar refractivity (Wildman–Crippen MR) is 112 cm³/mol. The molecule has 1 aliphatic rings. The Kier molecular flexibility index (Phi) is 5.41. The smallest absolute Gasteiger partial charge is 0.255 e. The zero-order valence-electron chi connectivity index (χ0n) is 16.8. The first-order chi connectivity index (χ1) is 14.8. The summed E-state index contributed by atoms with van der Waals surface area (Å²) in [6, 6.07) is 8.96. The van der Waals surface area contributed by atoms with Crippen molar-refractivity contribution in [1.82, 2.24) is 9.88 Å². The molecule has 162 valence electrons. The number of nitrogen functional groups attached to an aromatic ring is 1. The number of amides is 1. The third kappa shape index (κ3) is 3.63. The van der Waals surface area contributed by atoms with Gasteiger partial charge in [-0.3, -0.25) is 4.79 Å². The molecule has 0 radical (unpaired) electrons. The Morgan fingerprint density at radius 1 is 1.19 bits per heavy atom. The van der Waals surface area contributed by atoms with Crippen LogP contribution in [0.3, 0.4) is 0 Å². The summed E-state index contributed by atoms with van der Waals surface area (Å²) in [6.45, 7) is 1.89. The van der Waals surface area contributed by atoms with E-state index >= 15 is 0 Å². The number of aromatic nitrogens is 1. The number of benzene rings is 2. The molecule has 1 heterocycles. The number of nitrogens with two attached hydrogens (primary N) is 1. The van der Waals surface area contributed by atoms with Crippen LogP contribution >= 0.6 is 0 Å². The monoisotopic (exact) mass is 427 g/mol. The van der Waals surface area contributed by atoms with E-state index in [9.17, 15) is 23.8 Å². The zero-order valence-corrected chi connectivity index (χ0v) is 16.8. The summed E-state index contributed by atoms with van der Waals surface area (Å²) in [5.74, 6) is -2.16. The van der Waals surface area contributed by atoms with Gasteiger partial charge in [0.15, 0.2) is 11.6 Å². The van der Waals surface area contributed by atoms with Crippen molar-refractivity contribution in [2.45, 2.75) is 37.8 Å². The Hall–Kier alpha value is -3.39. The molecule has 2 aromatic carbocycles. The van der Waals surface area contributed by atoms with Crippen LogP contribution in [0.5, 0.6) is 5.75 Å². The van der Waals surface area contributed by atoms with E-state index in [1.54, 1.807) is 10.8 Å². The highest BCUT2D eigenvalue weighted by Crippen LogP contribution is 2.44. The molecule has 1 amide bonds. The van der Waals surface area contributed by atoms with Gasteiger partial charge in [0.1, 0.15) is 11.6 Å². The van der Waals surface area contributed by atoms with E-state index in [1.807, 2.05) is 6.92 Å². The number of fused-ring (bicyclic) bond motifs is 1. The van der Waals surface area contributed by atoms with E-state index in [0.29, 0.717) is 23.2 Å². The van der Waals surface area contributed by atoms with Gasteiger partial charge < -0.3 is 25.8 Å². The number of nitrogens with zero attached hydrogens (tertiary/aromatic N) is 1. The minimum Gasteiger partial charge on any atom is -0.505 e. The molecule has 0 saturated heterocycles. The van der Waals surface area contributed by atoms with Gasteiger partial charge in [-0.2, -0.15) is 0 Å². The number of aliphatic hydroxyl groups is 1. The first-order valence-electron chi connectivity index (χ1n) is 10.0. The molecular formula is C23H23F2N3O3. The van der Waals surface area contributed by atoms with Gasteiger partial charge in [-0.25, -0.2) is 8.78 Å². The van der Waals surface area contributed by atoms with Crippen LogP contribution in [0, 0.1) is 11.6 Å². The van der Waals surface area contributed by atoms with Crippen LogP contribution in [0.15, 0.2) is 48.7 Å². The molecule has 3 atom stereocenters. The average Bonchev–Trinajstić information content (AvgIpc) is 3.14. The molecular weight excluding hydrogens is 404 g/mol. The fourth-order valence-corrected chi connectivity index (χ4v) is 4.28. The highest BCUT2D eigenvalue weighted by Gasteiger charge is 2.37. The van der Waals surface area contributed by atoms with Crippen molar-refractivity contribution in [3.8, 4) is 11.4 Å². The minimum absolute atomic E-state index is 0.156. The number of hydrogen-bond acceptors (Lipinski definition) is 4. The van der Waals surface area contributed by atoms with Gasteiger partial charge in [0.05, 0.1) is 17.7 Å². The van der Waals surface area contributed by atoms with Crippen molar-refractivity contribution in [3.05, 3.63) is 77.0 Å². The Balaban J connectivity index is 1.65. The van der Waals surface area contributed by atoms with E-state index in [1.165, 1.54) is 36.4 Å². The second-order valence-electron chi connectivity index (χ2n) is 7.72. The molecule has 2 unspecified atom stereocenters. The first kappa shape index (κ1) is 20.9. The maximum atomic E-state index is 14.0. The lowest BCUT2D eigenvalue weighted by atomic mass is 9.76. The largest absolute Gasteiger partial charge is 0.505 e.